The van der Waals surface area contributed by atoms with Gasteiger partial charge in [-0.15, -0.1) is 0 Å². The lowest BCUT2D eigenvalue weighted by atomic mass is 10.1. The summed E-state index contributed by atoms with van der Waals surface area (Å²) in [6, 6.07) is 18.4. The number of nitrogens with zero attached hydrogens (tertiary/aromatic N) is 2. The number of carbonyl (C=O) groups is 2. The van der Waals surface area contributed by atoms with Gasteiger partial charge in [-0.2, -0.15) is 0 Å². The summed E-state index contributed by atoms with van der Waals surface area (Å²) in [7, 11) is -2.56. The largest absolute Gasteiger partial charge is 0.497 e. The van der Waals surface area contributed by atoms with E-state index in [2.05, 4.69) is 5.32 Å². The highest BCUT2D eigenvalue weighted by Crippen LogP contribution is 2.28. The molecule has 3 rings (SSSR count). The quantitative estimate of drug-likeness (QED) is 0.326. The van der Waals surface area contributed by atoms with Gasteiger partial charge in [0.15, 0.2) is 0 Å². The van der Waals surface area contributed by atoms with Crippen molar-refractivity contribution in [3.8, 4) is 5.75 Å². The van der Waals surface area contributed by atoms with Crippen LogP contribution in [-0.2, 0) is 26.2 Å². The number of methoxy groups -OCH3 is 1. The lowest BCUT2D eigenvalue weighted by molar-refractivity contribution is -0.139. The molecule has 0 heterocycles. The molecule has 0 radical (unpaired) electrons. The van der Waals surface area contributed by atoms with Crippen molar-refractivity contribution in [3.63, 3.8) is 0 Å². The maximum Gasteiger partial charge on any atom is 0.264 e. The SMILES string of the molecule is COc1cccc(CN(C(=O)CN(c2ccc(C)cc2C)S(=O)(=O)c2ccc(C)cc2)C(C)C(=O)NCC(C)C)c1. The van der Waals surface area contributed by atoms with E-state index in [1.807, 2.05) is 58.9 Å². The van der Waals surface area contributed by atoms with Gasteiger partial charge in [0.1, 0.15) is 18.3 Å². The fourth-order valence-electron chi connectivity index (χ4n) is 4.44. The van der Waals surface area contributed by atoms with Gasteiger partial charge >= 0.3 is 0 Å². The predicted molar refractivity (Wildman–Crippen MR) is 162 cm³/mol. The maximum absolute atomic E-state index is 14.1. The fourth-order valence-corrected chi connectivity index (χ4v) is 5.92. The Labute approximate surface area is 244 Å². The van der Waals surface area contributed by atoms with Crippen molar-refractivity contribution in [2.45, 2.75) is 59.0 Å². The Balaban J connectivity index is 2.05. The van der Waals surface area contributed by atoms with Gasteiger partial charge in [0.2, 0.25) is 11.8 Å². The molecule has 0 saturated heterocycles. The summed E-state index contributed by atoms with van der Waals surface area (Å²) in [5.74, 6) is 0.0316. The first-order valence-electron chi connectivity index (χ1n) is 13.7. The Kier molecular flexibility index (Phi) is 10.6. The van der Waals surface area contributed by atoms with E-state index in [0.717, 1.165) is 26.6 Å². The van der Waals surface area contributed by atoms with Gasteiger partial charge < -0.3 is 15.0 Å². The van der Waals surface area contributed by atoms with Crippen molar-refractivity contribution in [1.29, 1.82) is 0 Å². The van der Waals surface area contributed by atoms with Crippen molar-refractivity contribution in [1.82, 2.24) is 10.2 Å². The van der Waals surface area contributed by atoms with Crippen LogP contribution in [0.2, 0.25) is 0 Å². The smallest absolute Gasteiger partial charge is 0.264 e. The Morgan fingerprint density at radius 2 is 1.56 bits per heavy atom. The minimum atomic E-state index is -4.12. The number of amides is 2. The number of sulfonamides is 1. The number of aryl methyl sites for hydroxylation is 3. The van der Waals surface area contributed by atoms with Crippen molar-refractivity contribution < 1.29 is 22.7 Å². The highest BCUT2D eigenvalue weighted by molar-refractivity contribution is 7.92. The predicted octanol–water partition coefficient (Wildman–Crippen LogP) is 5.01. The van der Waals surface area contributed by atoms with Crippen LogP contribution in [-0.4, -0.2) is 51.4 Å². The molecule has 9 heteroatoms. The zero-order valence-corrected chi connectivity index (χ0v) is 25.8. The molecule has 220 valence electrons. The number of hydrogen-bond acceptors (Lipinski definition) is 5. The van der Waals surface area contributed by atoms with Gasteiger partial charge in [-0.3, -0.25) is 13.9 Å². The van der Waals surface area contributed by atoms with E-state index in [9.17, 15) is 18.0 Å². The lowest BCUT2D eigenvalue weighted by Gasteiger charge is -2.32. The molecule has 1 N–H and O–H groups in total. The Morgan fingerprint density at radius 1 is 0.902 bits per heavy atom. The Hall–Kier alpha value is -3.85. The molecule has 0 spiro atoms. The normalized spacial score (nSPS) is 12.1. The minimum Gasteiger partial charge on any atom is -0.497 e. The molecule has 0 bridgehead atoms. The fraction of sp³-hybridized carbons (Fsp3) is 0.375. The standard InChI is InChI=1S/C32H41N3O5S/c1-22(2)19-33-32(37)26(6)34(20-27-9-8-10-28(18-27)40-7)31(36)21-35(30-16-13-24(4)17-25(30)5)41(38,39)29-14-11-23(3)12-15-29/h8-18,22,26H,19-21H2,1-7H3,(H,33,37). The second-order valence-electron chi connectivity index (χ2n) is 10.8. The molecule has 1 atom stereocenters. The highest BCUT2D eigenvalue weighted by atomic mass is 32.2. The molecule has 8 nitrogen and oxygen atoms in total. The Morgan fingerprint density at radius 3 is 2.17 bits per heavy atom. The van der Waals surface area contributed by atoms with Crippen LogP contribution in [0.1, 0.15) is 43.0 Å². The monoisotopic (exact) mass is 579 g/mol. The van der Waals surface area contributed by atoms with Crippen LogP contribution in [0, 0.1) is 26.7 Å². The number of nitrogens with one attached hydrogen (secondary N) is 1. The molecule has 41 heavy (non-hydrogen) atoms. The summed E-state index contributed by atoms with van der Waals surface area (Å²) in [6.45, 7) is 11.3. The van der Waals surface area contributed by atoms with Gasteiger partial charge in [-0.05, 0) is 75.1 Å². The van der Waals surface area contributed by atoms with Crippen LogP contribution in [0.5, 0.6) is 5.75 Å². The van der Waals surface area contributed by atoms with Crippen LogP contribution in [0.25, 0.3) is 0 Å². The lowest BCUT2D eigenvalue weighted by Crippen LogP contribution is -2.51. The van der Waals surface area contributed by atoms with Crippen LogP contribution < -0.4 is 14.4 Å². The van der Waals surface area contributed by atoms with Gasteiger partial charge in [0.05, 0.1) is 17.7 Å². The average molecular weight is 580 g/mol. The number of ether oxygens (including phenoxy) is 1. The minimum absolute atomic E-state index is 0.0814. The summed E-state index contributed by atoms with van der Waals surface area (Å²) >= 11 is 0. The Bertz CT molecular complexity index is 1470. The third-order valence-electron chi connectivity index (χ3n) is 6.85. The molecule has 0 fully saturated rings. The molecular formula is C32H41N3O5S. The first-order valence-corrected chi connectivity index (χ1v) is 15.1. The molecule has 0 aliphatic rings. The highest BCUT2D eigenvalue weighted by Gasteiger charge is 2.33. The van der Waals surface area contributed by atoms with E-state index in [1.54, 1.807) is 56.5 Å². The summed E-state index contributed by atoms with van der Waals surface area (Å²) in [5.41, 5.74) is 3.77. The van der Waals surface area contributed by atoms with E-state index in [-0.39, 0.29) is 23.3 Å². The average Bonchev–Trinajstić information content (AvgIpc) is 2.93. The van der Waals surface area contributed by atoms with Crippen molar-refractivity contribution in [2.75, 3.05) is 24.5 Å². The summed E-state index contributed by atoms with van der Waals surface area (Å²) in [5, 5.41) is 2.90. The second-order valence-corrected chi connectivity index (χ2v) is 12.7. The molecule has 2 amide bonds. The second kappa shape index (κ2) is 13.7. The number of rotatable bonds is 12. The van der Waals surface area contributed by atoms with Crippen molar-refractivity contribution in [3.05, 3.63) is 89.0 Å². The van der Waals surface area contributed by atoms with E-state index in [4.69, 9.17) is 4.74 Å². The molecule has 3 aromatic rings. The van der Waals surface area contributed by atoms with Gasteiger partial charge in [0.25, 0.3) is 10.0 Å². The van der Waals surface area contributed by atoms with Gasteiger partial charge in [0, 0.05) is 13.1 Å². The molecule has 0 aliphatic carbocycles. The van der Waals surface area contributed by atoms with E-state index in [1.165, 1.54) is 4.90 Å². The van der Waals surface area contributed by atoms with Crippen LogP contribution in [0.15, 0.2) is 71.6 Å². The first-order chi connectivity index (χ1) is 19.3. The molecule has 0 saturated carbocycles. The van der Waals surface area contributed by atoms with Crippen LogP contribution in [0.4, 0.5) is 5.69 Å². The zero-order chi connectivity index (χ0) is 30.3. The number of anilines is 1. The van der Waals surface area contributed by atoms with Crippen molar-refractivity contribution >= 4 is 27.5 Å². The van der Waals surface area contributed by atoms with E-state index in [0.29, 0.717) is 18.0 Å². The third-order valence-corrected chi connectivity index (χ3v) is 8.62. The topological polar surface area (TPSA) is 96.0 Å². The first kappa shape index (κ1) is 31.7. The van der Waals surface area contributed by atoms with E-state index < -0.39 is 28.5 Å². The molecule has 0 aliphatic heterocycles. The third kappa shape index (κ3) is 8.10. The van der Waals surface area contributed by atoms with Gasteiger partial charge in [-0.25, -0.2) is 8.42 Å². The maximum atomic E-state index is 14.1. The zero-order valence-electron chi connectivity index (χ0n) is 25.0. The number of benzene rings is 3. The summed E-state index contributed by atoms with van der Waals surface area (Å²) < 4.78 is 34.5. The molecule has 0 aromatic heterocycles. The summed E-state index contributed by atoms with van der Waals surface area (Å²) in [6.07, 6.45) is 0. The van der Waals surface area contributed by atoms with E-state index >= 15 is 0 Å². The van der Waals surface area contributed by atoms with Crippen LogP contribution in [0.3, 0.4) is 0 Å². The van der Waals surface area contributed by atoms with Crippen LogP contribution >= 0.6 is 0 Å². The molecular weight excluding hydrogens is 538 g/mol. The number of hydrogen-bond donors (Lipinski definition) is 1. The number of carbonyl (C=O) groups excluding carboxylic acids is 2. The van der Waals surface area contributed by atoms with Crippen molar-refractivity contribution in [2.24, 2.45) is 5.92 Å². The van der Waals surface area contributed by atoms with Gasteiger partial charge in [-0.1, -0.05) is 61.4 Å². The summed E-state index contributed by atoms with van der Waals surface area (Å²) in [4.78, 5) is 28.7. The molecule has 3 aromatic carbocycles. The molecule has 1 unspecified atom stereocenters.